The maximum Gasteiger partial charge on any atom is 0.312 e. The first-order valence-electron chi connectivity index (χ1n) is 12.0. The number of nitrogens with zero attached hydrogens (tertiary/aromatic N) is 1. The zero-order valence-corrected chi connectivity index (χ0v) is 19.6. The molecular formula is C26H32N2O5. The van der Waals surface area contributed by atoms with Gasteiger partial charge in [0.25, 0.3) is 0 Å². The number of ether oxygens (including phenoxy) is 1. The highest BCUT2D eigenvalue weighted by Gasteiger charge is 2.61. The van der Waals surface area contributed by atoms with Crippen LogP contribution in [0, 0.1) is 17.3 Å². The molecule has 7 nitrogen and oxygen atoms in total. The number of fused-ring (bicyclic) bond motifs is 1. The number of benzene rings is 1. The van der Waals surface area contributed by atoms with E-state index in [2.05, 4.69) is 5.32 Å². The van der Waals surface area contributed by atoms with Crippen LogP contribution in [0.4, 0.5) is 5.69 Å². The number of Topliss-reactive ketones (excluding diaryl/α,β-unsaturated/α-hetero) is 1. The summed E-state index contributed by atoms with van der Waals surface area (Å²) in [4.78, 5) is 51.9. The Labute approximate surface area is 194 Å². The van der Waals surface area contributed by atoms with Crippen molar-refractivity contribution in [2.75, 3.05) is 11.4 Å². The molecule has 1 aromatic rings. The zero-order valence-electron chi connectivity index (χ0n) is 19.6. The molecular weight excluding hydrogens is 420 g/mol. The second-order valence-electron chi connectivity index (χ2n) is 10.9. The average molecular weight is 453 g/mol. The van der Waals surface area contributed by atoms with Crippen molar-refractivity contribution in [3.05, 3.63) is 29.3 Å². The number of nitrogens with one attached hydrogen (secondary N) is 1. The van der Waals surface area contributed by atoms with E-state index in [4.69, 9.17) is 4.74 Å². The van der Waals surface area contributed by atoms with Crippen LogP contribution in [0.3, 0.4) is 0 Å². The molecule has 7 heteroatoms. The lowest BCUT2D eigenvalue weighted by Crippen LogP contribution is -2.64. The van der Waals surface area contributed by atoms with E-state index in [-0.39, 0.29) is 29.1 Å². The number of ketones is 1. The number of carbonyl (C=O) groups is 4. The van der Waals surface area contributed by atoms with Crippen LogP contribution in [0.5, 0.6) is 0 Å². The van der Waals surface area contributed by atoms with Gasteiger partial charge in [-0.1, -0.05) is 0 Å². The molecule has 3 atom stereocenters. The van der Waals surface area contributed by atoms with Crippen LogP contribution in [0.25, 0.3) is 0 Å². The summed E-state index contributed by atoms with van der Waals surface area (Å²) < 4.78 is 5.81. The summed E-state index contributed by atoms with van der Waals surface area (Å²) in [6.45, 7) is 5.33. The minimum absolute atomic E-state index is 0.0114. The lowest BCUT2D eigenvalue weighted by molar-refractivity contribution is -0.178. The van der Waals surface area contributed by atoms with Gasteiger partial charge in [-0.2, -0.15) is 0 Å². The van der Waals surface area contributed by atoms with E-state index in [1.807, 2.05) is 12.1 Å². The molecule has 1 aliphatic heterocycles. The van der Waals surface area contributed by atoms with Crippen LogP contribution in [0.1, 0.15) is 75.2 Å². The van der Waals surface area contributed by atoms with Gasteiger partial charge in [-0.05, 0) is 87.5 Å². The zero-order chi connectivity index (χ0) is 23.5. The monoisotopic (exact) mass is 452 g/mol. The van der Waals surface area contributed by atoms with Gasteiger partial charge >= 0.3 is 5.97 Å². The average Bonchev–Trinajstić information content (AvgIpc) is 3.14. The second-order valence-corrected chi connectivity index (χ2v) is 10.9. The van der Waals surface area contributed by atoms with Crippen molar-refractivity contribution < 1.29 is 23.9 Å². The third kappa shape index (κ3) is 3.75. The summed E-state index contributed by atoms with van der Waals surface area (Å²) in [5, 5.41) is 3.16. The first-order chi connectivity index (χ1) is 15.6. The standard InChI is InChI=1S/C26H32N2O5/c1-15(23(31)21-4-5-22-20(9-21)6-7-28(22)17(3)30)33-24(32)25-10-18-8-19(11-25)13-26(12-18,14-25)27-16(2)29/h4-5,9,15,18-19H,6-8,10-14H2,1-3H3,(H,27,29). The molecule has 1 aromatic carbocycles. The Morgan fingerprint density at radius 3 is 2.42 bits per heavy atom. The Bertz CT molecular complexity index is 1030. The minimum atomic E-state index is -0.884. The number of anilines is 1. The van der Waals surface area contributed by atoms with Crippen molar-refractivity contribution in [2.24, 2.45) is 17.3 Å². The molecule has 2 amide bonds. The highest BCUT2D eigenvalue weighted by Crippen LogP contribution is 2.62. The lowest BCUT2D eigenvalue weighted by Gasteiger charge is -2.60. The maximum absolute atomic E-state index is 13.4. The van der Waals surface area contributed by atoms with Crippen molar-refractivity contribution in [3.63, 3.8) is 0 Å². The number of hydrogen-bond acceptors (Lipinski definition) is 5. The molecule has 1 N–H and O–H groups in total. The molecule has 6 rings (SSSR count). The van der Waals surface area contributed by atoms with Gasteiger partial charge in [0.2, 0.25) is 17.6 Å². The Morgan fingerprint density at radius 1 is 1.09 bits per heavy atom. The number of amides is 2. The molecule has 4 saturated carbocycles. The van der Waals surface area contributed by atoms with Crippen LogP contribution in [-0.4, -0.2) is 41.8 Å². The highest BCUT2D eigenvalue weighted by atomic mass is 16.5. The molecule has 0 aromatic heterocycles. The van der Waals surface area contributed by atoms with Crippen molar-refractivity contribution in [1.29, 1.82) is 0 Å². The van der Waals surface area contributed by atoms with Gasteiger partial charge in [0, 0.05) is 37.2 Å². The third-order valence-electron chi connectivity index (χ3n) is 8.23. The van der Waals surface area contributed by atoms with Gasteiger partial charge in [-0.15, -0.1) is 0 Å². The molecule has 0 saturated heterocycles. The van der Waals surface area contributed by atoms with Crippen LogP contribution < -0.4 is 10.2 Å². The summed E-state index contributed by atoms with van der Waals surface area (Å²) in [6, 6.07) is 5.34. The fourth-order valence-electron chi connectivity index (χ4n) is 7.48. The molecule has 176 valence electrons. The van der Waals surface area contributed by atoms with E-state index in [1.165, 1.54) is 13.8 Å². The van der Waals surface area contributed by atoms with Gasteiger partial charge < -0.3 is 15.0 Å². The first kappa shape index (κ1) is 22.1. The van der Waals surface area contributed by atoms with Gasteiger partial charge in [0.1, 0.15) is 0 Å². The van der Waals surface area contributed by atoms with Gasteiger partial charge in [0.05, 0.1) is 5.41 Å². The van der Waals surface area contributed by atoms with E-state index in [9.17, 15) is 19.2 Å². The number of carbonyl (C=O) groups excluding carboxylic acids is 4. The highest BCUT2D eigenvalue weighted by molar-refractivity contribution is 6.02. The molecule has 0 spiro atoms. The summed E-state index contributed by atoms with van der Waals surface area (Å²) in [6.07, 6.45) is 4.96. The smallest absolute Gasteiger partial charge is 0.312 e. The largest absolute Gasteiger partial charge is 0.454 e. The van der Waals surface area contributed by atoms with Gasteiger partial charge in [0.15, 0.2) is 6.10 Å². The maximum atomic E-state index is 13.4. The number of hydrogen-bond donors (Lipinski definition) is 1. The molecule has 4 bridgehead atoms. The van der Waals surface area contributed by atoms with Crippen molar-refractivity contribution in [2.45, 2.75) is 77.4 Å². The van der Waals surface area contributed by atoms with Gasteiger partial charge in [-0.25, -0.2) is 0 Å². The quantitative estimate of drug-likeness (QED) is 0.547. The van der Waals surface area contributed by atoms with Crippen LogP contribution in [0.2, 0.25) is 0 Å². The van der Waals surface area contributed by atoms with Crippen LogP contribution in [-0.2, 0) is 25.5 Å². The number of rotatable bonds is 5. The van der Waals surface area contributed by atoms with E-state index in [1.54, 1.807) is 17.9 Å². The van der Waals surface area contributed by atoms with E-state index in [0.717, 1.165) is 43.4 Å². The topological polar surface area (TPSA) is 92.8 Å². The Hall–Kier alpha value is -2.70. The fourth-order valence-corrected chi connectivity index (χ4v) is 7.48. The normalized spacial score (nSPS) is 32.3. The SMILES string of the molecule is CC(=O)NC12CC3CC(C1)CC(C(=O)OC(C)C(=O)c1ccc4c(c1)CCN4C(C)=O)(C3)C2. The predicted octanol–water partition coefficient (Wildman–Crippen LogP) is 3.19. The molecule has 0 radical (unpaired) electrons. The summed E-state index contributed by atoms with van der Waals surface area (Å²) >= 11 is 0. The Kier molecular flexibility index (Phi) is 5.14. The predicted molar refractivity (Wildman–Crippen MR) is 122 cm³/mol. The molecule has 3 unspecified atom stereocenters. The molecule has 4 fully saturated rings. The number of esters is 1. The van der Waals surface area contributed by atoms with E-state index < -0.39 is 11.5 Å². The molecule has 5 aliphatic rings. The summed E-state index contributed by atoms with van der Waals surface area (Å²) in [5.74, 6) is 0.242. The molecule has 1 heterocycles. The van der Waals surface area contributed by atoms with Crippen LogP contribution in [0.15, 0.2) is 18.2 Å². The van der Waals surface area contributed by atoms with Gasteiger partial charge in [-0.3, -0.25) is 19.2 Å². The fraction of sp³-hybridized carbons (Fsp3) is 0.615. The van der Waals surface area contributed by atoms with E-state index in [0.29, 0.717) is 36.8 Å². The summed E-state index contributed by atoms with van der Waals surface area (Å²) in [5.41, 5.74) is 1.39. The van der Waals surface area contributed by atoms with Crippen molar-refractivity contribution >= 4 is 29.3 Å². The molecule has 4 aliphatic carbocycles. The second kappa shape index (κ2) is 7.67. The van der Waals surface area contributed by atoms with Crippen molar-refractivity contribution in [1.82, 2.24) is 5.32 Å². The Balaban J connectivity index is 1.31. The Morgan fingerprint density at radius 2 is 1.79 bits per heavy atom. The van der Waals surface area contributed by atoms with Crippen molar-refractivity contribution in [3.8, 4) is 0 Å². The first-order valence-corrected chi connectivity index (χ1v) is 12.0. The molecule has 33 heavy (non-hydrogen) atoms. The van der Waals surface area contributed by atoms with E-state index >= 15 is 0 Å². The third-order valence-corrected chi connectivity index (χ3v) is 8.23. The van der Waals surface area contributed by atoms with Crippen LogP contribution >= 0.6 is 0 Å². The minimum Gasteiger partial charge on any atom is -0.454 e. The lowest BCUT2D eigenvalue weighted by atomic mass is 9.47. The summed E-state index contributed by atoms with van der Waals surface area (Å²) in [7, 11) is 0.